The molecule has 4 rings (SSSR count). The van der Waals surface area contributed by atoms with Crippen molar-refractivity contribution in [3.05, 3.63) is 101 Å². The number of halogens is 1. The predicted octanol–water partition coefficient (Wildman–Crippen LogP) is 3.91. The summed E-state index contributed by atoms with van der Waals surface area (Å²) >= 11 is 0. The van der Waals surface area contributed by atoms with E-state index in [9.17, 15) is 19.1 Å². The van der Waals surface area contributed by atoms with Gasteiger partial charge in [0.15, 0.2) is 0 Å². The molecule has 7 heteroatoms. The maximum atomic E-state index is 13.4. The second kappa shape index (κ2) is 8.63. The van der Waals surface area contributed by atoms with E-state index >= 15 is 0 Å². The Kier molecular flexibility index (Phi) is 5.73. The van der Waals surface area contributed by atoms with Crippen LogP contribution in [0.25, 0.3) is 5.76 Å². The summed E-state index contributed by atoms with van der Waals surface area (Å²) in [7, 11) is 3.83. The minimum absolute atomic E-state index is 0.0249. The Morgan fingerprint density at radius 1 is 1.06 bits per heavy atom. The monoisotopic (exact) mass is 431 g/mol. The molecule has 2 heterocycles. The van der Waals surface area contributed by atoms with E-state index in [1.54, 1.807) is 18.5 Å². The van der Waals surface area contributed by atoms with Gasteiger partial charge < -0.3 is 14.9 Å². The third kappa shape index (κ3) is 3.97. The van der Waals surface area contributed by atoms with Gasteiger partial charge in [0.05, 0.1) is 11.6 Å². The summed E-state index contributed by atoms with van der Waals surface area (Å²) in [5.41, 5.74) is 2.63. The van der Waals surface area contributed by atoms with Crippen LogP contribution in [0.1, 0.15) is 22.7 Å². The number of amides is 1. The Labute approximate surface area is 185 Å². The number of rotatable bonds is 5. The number of hydrogen-bond donors (Lipinski definition) is 1. The highest BCUT2D eigenvalue weighted by Crippen LogP contribution is 2.40. The number of benzene rings is 2. The van der Waals surface area contributed by atoms with Gasteiger partial charge in [0.2, 0.25) is 0 Å². The highest BCUT2D eigenvalue weighted by atomic mass is 19.1. The molecule has 6 nitrogen and oxygen atoms in total. The average molecular weight is 431 g/mol. The van der Waals surface area contributed by atoms with Crippen LogP contribution in [0.5, 0.6) is 0 Å². The fourth-order valence-corrected chi connectivity index (χ4v) is 3.80. The first-order valence-electron chi connectivity index (χ1n) is 10.1. The fourth-order valence-electron chi connectivity index (χ4n) is 3.80. The zero-order valence-electron chi connectivity index (χ0n) is 17.7. The minimum Gasteiger partial charge on any atom is -0.507 e. The van der Waals surface area contributed by atoms with E-state index in [4.69, 9.17) is 0 Å². The van der Waals surface area contributed by atoms with Gasteiger partial charge in [-0.1, -0.05) is 18.2 Å². The summed E-state index contributed by atoms with van der Waals surface area (Å²) < 4.78 is 13.4. The molecule has 0 radical (unpaired) electrons. The van der Waals surface area contributed by atoms with Crippen molar-refractivity contribution in [3.8, 4) is 0 Å². The Hall–Kier alpha value is -4.00. The number of anilines is 1. The highest BCUT2D eigenvalue weighted by Gasteiger charge is 2.46. The molecule has 2 aromatic carbocycles. The van der Waals surface area contributed by atoms with E-state index in [1.165, 1.54) is 29.2 Å². The SMILES string of the molecule is CN(C)c1ccc([C@H]2/C(=C(\O)c3ccc(F)cc3)C(=O)C(=O)N2Cc2cccnc2)cc1. The number of Topliss-reactive ketones (excluding diaryl/α,β-unsaturated/α-hetero) is 1. The average Bonchev–Trinajstić information content (AvgIpc) is 3.05. The van der Waals surface area contributed by atoms with Gasteiger partial charge in [-0.25, -0.2) is 4.39 Å². The van der Waals surface area contributed by atoms with E-state index in [2.05, 4.69) is 4.98 Å². The molecule has 0 bridgehead atoms. The second-order valence-corrected chi connectivity index (χ2v) is 7.78. The number of likely N-dealkylation sites (tertiary alicyclic amines) is 1. The number of pyridine rings is 1. The summed E-state index contributed by atoms with van der Waals surface area (Å²) in [5, 5.41) is 11.0. The molecule has 162 valence electrons. The third-order valence-electron chi connectivity index (χ3n) is 5.46. The van der Waals surface area contributed by atoms with Gasteiger partial charge in [0, 0.05) is 44.3 Å². The van der Waals surface area contributed by atoms with Gasteiger partial charge in [0.1, 0.15) is 11.6 Å². The lowest BCUT2D eigenvalue weighted by Gasteiger charge is -2.26. The van der Waals surface area contributed by atoms with Crippen molar-refractivity contribution < 1.29 is 19.1 Å². The zero-order chi connectivity index (χ0) is 22.8. The molecule has 1 fully saturated rings. The minimum atomic E-state index is -0.795. The van der Waals surface area contributed by atoms with Gasteiger partial charge >= 0.3 is 0 Å². The maximum absolute atomic E-state index is 13.4. The van der Waals surface area contributed by atoms with E-state index in [-0.39, 0.29) is 23.4 Å². The molecule has 0 spiro atoms. The number of aliphatic hydroxyl groups excluding tert-OH is 1. The molecule has 1 aromatic heterocycles. The van der Waals surface area contributed by atoms with Gasteiger partial charge in [0.25, 0.3) is 11.7 Å². The van der Waals surface area contributed by atoms with Crippen molar-refractivity contribution in [1.82, 2.24) is 9.88 Å². The molecule has 3 aromatic rings. The number of carbonyl (C=O) groups is 2. The molecule has 1 saturated heterocycles. The number of nitrogens with zero attached hydrogens (tertiary/aromatic N) is 3. The van der Waals surface area contributed by atoms with Crippen molar-refractivity contribution in [2.45, 2.75) is 12.6 Å². The third-order valence-corrected chi connectivity index (χ3v) is 5.46. The van der Waals surface area contributed by atoms with Gasteiger partial charge in [-0.15, -0.1) is 0 Å². The van der Waals surface area contributed by atoms with Crippen molar-refractivity contribution >= 4 is 23.1 Å². The van der Waals surface area contributed by atoms with Crippen LogP contribution in [0.3, 0.4) is 0 Å². The lowest BCUT2D eigenvalue weighted by molar-refractivity contribution is -0.140. The number of aliphatic hydroxyl groups is 1. The van der Waals surface area contributed by atoms with Crippen LogP contribution >= 0.6 is 0 Å². The molecule has 0 unspecified atom stereocenters. The summed E-state index contributed by atoms with van der Waals surface area (Å²) in [4.78, 5) is 33.5. The Bertz CT molecular complexity index is 1170. The molecule has 1 atom stereocenters. The molecular weight excluding hydrogens is 409 g/mol. The zero-order valence-corrected chi connectivity index (χ0v) is 17.7. The van der Waals surface area contributed by atoms with E-state index in [1.807, 2.05) is 49.3 Å². The fraction of sp³-hybridized carbons (Fsp3) is 0.160. The van der Waals surface area contributed by atoms with E-state index < -0.39 is 23.5 Å². The summed E-state index contributed by atoms with van der Waals surface area (Å²) in [6.07, 6.45) is 3.26. The van der Waals surface area contributed by atoms with E-state index in [0.717, 1.165) is 11.3 Å². The summed E-state index contributed by atoms with van der Waals surface area (Å²) in [5.74, 6) is -2.29. The largest absolute Gasteiger partial charge is 0.507 e. The quantitative estimate of drug-likeness (QED) is 0.377. The lowest BCUT2D eigenvalue weighted by atomic mass is 9.95. The Morgan fingerprint density at radius 2 is 1.75 bits per heavy atom. The molecule has 0 aliphatic carbocycles. The number of ketones is 1. The number of carbonyl (C=O) groups excluding carboxylic acids is 2. The second-order valence-electron chi connectivity index (χ2n) is 7.78. The molecule has 1 aliphatic heterocycles. The topological polar surface area (TPSA) is 73.7 Å². The van der Waals surface area contributed by atoms with Crippen LogP contribution in [-0.4, -0.2) is 40.8 Å². The summed E-state index contributed by atoms with van der Waals surface area (Å²) in [6, 6.07) is 15.4. The summed E-state index contributed by atoms with van der Waals surface area (Å²) in [6.45, 7) is 0.151. The van der Waals surface area contributed by atoms with Gasteiger partial charge in [-0.05, 0) is 53.6 Å². The first kappa shape index (κ1) is 21.2. The highest BCUT2D eigenvalue weighted by molar-refractivity contribution is 6.46. The van der Waals surface area contributed by atoms with Crippen molar-refractivity contribution in [1.29, 1.82) is 0 Å². The Balaban J connectivity index is 1.84. The van der Waals surface area contributed by atoms with Crippen LogP contribution in [0.4, 0.5) is 10.1 Å². The molecule has 32 heavy (non-hydrogen) atoms. The molecule has 1 aliphatic rings. The molecule has 0 saturated carbocycles. The molecule has 1 N–H and O–H groups in total. The van der Waals surface area contributed by atoms with Crippen molar-refractivity contribution in [2.75, 3.05) is 19.0 Å². The number of hydrogen-bond acceptors (Lipinski definition) is 5. The van der Waals surface area contributed by atoms with Crippen molar-refractivity contribution in [2.24, 2.45) is 0 Å². The predicted molar refractivity (Wildman–Crippen MR) is 119 cm³/mol. The number of aromatic nitrogens is 1. The maximum Gasteiger partial charge on any atom is 0.295 e. The van der Waals surface area contributed by atoms with E-state index in [0.29, 0.717) is 5.56 Å². The van der Waals surface area contributed by atoms with Crippen LogP contribution < -0.4 is 4.90 Å². The van der Waals surface area contributed by atoms with Crippen LogP contribution in [0, 0.1) is 5.82 Å². The van der Waals surface area contributed by atoms with Crippen LogP contribution in [-0.2, 0) is 16.1 Å². The Morgan fingerprint density at radius 3 is 2.34 bits per heavy atom. The van der Waals surface area contributed by atoms with Gasteiger partial charge in [-0.2, -0.15) is 0 Å². The molecule has 1 amide bonds. The van der Waals surface area contributed by atoms with Crippen LogP contribution in [0.2, 0.25) is 0 Å². The van der Waals surface area contributed by atoms with Gasteiger partial charge in [-0.3, -0.25) is 14.6 Å². The smallest absolute Gasteiger partial charge is 0.295 e. The first-order valence-corrected chi connectivity index (χ1v) is 10.1. The first-order chi connectivity index (χ1) is 15.4. The van der Waals surface area contributed by atoms with Crippen molar-refractivity contribution in [3.63, 3.8) is 0 Å². The molecular formula is C25H22FN3O3. The standard InChI is InChI=1S/C25H22FN3O3/c1-28(2)20-11-7-17(8-12-20)22-21(23(30)18-5-9-19(26)10-6-18)24(31)25(32)29(22)15-16-4-3-13-27-14-16/h3-14,22,30H,15H2,1-2H3/b23-21+/t22-/m0/s1. The normalized spacial score (nSPS) is 17.6. The van der Waals surface area contributed by atoms with Crippen LogP contribution in [0.15, 0.2) is 78.6 Å². The lowest BCUT2D eigenvalue weighted by Crippen LogP contribution is -2.29.